The van der Waals surface area contributed by atoms with E-state index in [2.05, 4.69) is 20.9 Å². The van der Waals surface area contributed by atoms with Gasteiger partial charge in [0.15, 0.2) is 0 Å². The summed E-state index contributed by atoms with van der Waals surface area (Å²) >= 11 is 0. The predicted octanol–water partition coefficient (Wildman–Crippen LogP) is 1.15. The van der Waals surface area contributed by atoms with Crippen LogP contribution in [0, 0.1) is 0 Å². The number of carbonyl (C=O) groups excluding carboxylic acids is 1. The molecule has 0 aliphatic carbocycles. The molecule has 0 unspecified atom stereocenters. The maximum atomic E-state index is 11.9. The smallest absolute Gasteiger partial charge is 0.270 e. The summed E-state index contributed by atoms with van der Waals surface area (Å²) in [5.41, 5.74) is 3.23. The van der Waals surface area contributed by atoms with Crippen molar-refractivity contribution >= 4 is 16.9 Å². The average molecular weight is 314 g/mol. The summed E-state index contributed by atoms with van der Waals surface area (Å²) in [4.78, 5) is 34.8. The molecule has 0 bridgehead atoms. The molecule has 3 rings (SSSR count). The number of nitrogens with zero attached hydrogens (tertiary/aromatic N) is 3. The first-order chi connectivity index (χ1) is 11.1. The van der Waals surface area contributed by atoms with Gasteiger partial charge in [-0.15, -0.1) is 0 Å². The molecule has 1 aromatic heterocycles. The zero-order chi connectivity index (χ0) is 16.4. The van der Waals surface area contributed by atoms with Crippen molar-refractivity contribution in [3.63, 3.8) is 0 Å². The molecule has 23 heavy (non-hydrogen) atoms. The van der Waals surface area contributed by atoms with Crippen LogP contribution in [0.25, 0.3) is 11.0 Å². The number of fused-ring (bicyclic) bond motifs is 1. The average Bonchev–Trinajstić information content (AvgIpc) is 2.54. The number of aryl methyl sites for hydroxylation is 1. The van der Waals surface area contributed by atoms with Crippen LogP contribution in [0.1, 0.15) is 25.1 Å². The molecular weight excluding hydrogens is 292 g/mol. The fourth-order valence-electron chi connectivity index (χ4n) is 2.99. The van der Waals surface area contributed by atoms with Crippen molar-refractivity contribution in [2.45, 2.75) is 26.8 Å². The monoisotopic (exact) mass is 314 g/mol. The molecule has 2 aromatic rings. The third kappa shape index (κ3) is 3.42. The fraction of sp³-hybridized carbons (Fsp3) is 0.471. The Morgan fingerprint density at radius 1 is 1.26 bits per heavy atom. The number of rotatable bonds is 3. The van der Waals surface area contributed by atoms with Gasteiger partial charge >= 0.3 is 0 Å². The van der Waals surface area contributed by atoms with Crippen molar-refractivity contribution in [3.8, 4) is 0 Å². The lowest BCUT2D eigenvalue weighted by Gasteiger charge is -2.34. The van der Waals surface area contributed by atoms with Crippen molar-refractivity contribution in [2.24, 2.45) is 0 Å². The molecule has 0 saturated carbocycles. The van der Waals surface area contributed by atoms with Gasteiger partial charge in [0.05, 0.1) is 11.0 Å². The van der Waals surface area contributed by atoms with Crippen molar-refractivity contribution in [1.82, 2.24) is 19.8 Å². The Bertz CT molecular complexity index is 776. The number of H-pyrrole nitrogens is 1. The van der Waals surface area contributed by atoms with Gasteiger partial charge in [0.1, 0.15) is 5.69 Å². The molecule has 122 valence electrons. The van der Waals surface area contributed by atoms with E-state index in [1.54, 1.807) is 6.92 Å². The number of aromatic amines is 1. The molecule has 1 N–H and O–H groups in total. The Hall–Kier alpha value is -2.21. The second-order valence-corrected chi connectivity index (χ2v) is 6.00. The Labute approximate surface area is 135 Å². The third-order valence-electron chi connectivity index (χ3n) is 4.39. The molecule has 0 atom stereocenters. The molecule has 6 heteroatoms. The van der Waals surface area contributed by atoms with Crippen molar-refractivity contribution in [2.75, 3.05) is 26.2 Å². The van der Waals surface area contributed by atoms with Crippen molar-refractivity contribution in [3.05, 3.63) is 39.8 Å². The minimum atomic E-state index is -0.104. The number of carbonyl (C=O) groups is 1. The highest BCUT2D eigenvalue weighted by Gasteiger charge is 2.18. The quantitative estimate of drug-likeness (QED) is 0.923. The SMILES string of the molecule is CCc1nc2ccc(CN3CCN(C(C)=O)CC3)cc2[nH]c1=O. The van der Waals surface area contributed by atoms with Gasteiger partial charge in [-0.05, 0) is 24.1 Å². The van der Waals surface area contributed by atoms with E-state index in [9.17, 15) is 9.59 Å². The minimum Gasteiger partial charge on any atom is -0.340 e. The van der Waals surface area contributed by atoms with Crippen LogP contribution in [-0.2, 0) is 17.8 Å². The van der Waals surface area contributed by atoms with Crippen LogP contribution < -0.4 is 5.56 Å². The molecule has 1 saturated heterocycles. The number of amides is 1. The van der Waals surface area contributed by atoms with Gasteiger partial charge in [0.25, 0.3) is 5.56 Å². The zero-order valence-electron chi connectivity index (χ0n) is 13.6. The Morgan fingerprint density at radius 2 is 2.00 bits per heavy atom. The lowest BCUT2D eigenvalue weighted by atomic mass is 10.1. The lowest BCUT2D eigenvalue weighted by Crippen LogP contribution is -2.47. The summed E-state index contributed by atoms with van der Waals surface area (Å²) in [6.07, 6.45) is 0.632. The van der Waals surface area contributed by atoms with Gasteiger partial charge < -0.3 is 9.88 Å². The first kappa shape index (κ1) is 15.7. The highest BCUT2D eigenvalue weighted by Crippen LogP contribution is 2.14. The highest BCUT2D eigenvalue weighted by molar-refractivity contribution is 5.75. The van der Waals surface area contributed by atoms with Gasteiger partial charge in [-0.3, -0.25) is 14.5 Å². The van der Waals surface area contributed by atoms with Gasteiger partial charge in [0.2, 0.25) is 5.91 Å². The summed E-state index contributed by atoms with van der Waals surface area (Å²) in [5, 5.41) is 0. The van der Waals surface area contributed by atoms with E-state index in [-0.39, 0.29) is 11.5 Å². The van der Waals surface area contributed by atoms with Crippen LogP contribution in [-0.4, -0.2) is 51.9 Å². The van der Waals surface area contributed by atoms with Crippen LogP contribution in [0.15, 0.2) is 23.0 Å². The van der Waals surface area contributed by atoms with E-state index >= 15 is 0 Å². The van der Waals surface area contributed by atoms with E-state index in [0.29, 0.717) is 12.1 Å². The number of aromatic nitrogens is 2. The van der Waals surface area contributed by atoms with Gasteiger partial charge in [-0.2, -0.15) is 0 Å². The second-order valence-electron chi connectivity index (χ2n) is 6.00. The summed E-state index contributed by atoms with van der Waals surface area (Å²) in [6.45, 7) is 7.68. The molecule has 0 spiro atoms. The van der Waals surface area contributed by atoms with E-state index in [1.165, 1.54) is 0 Å². The molecule has 1 aliphatic heterocycles. The molecule has 1 aromatic carbocycles. The maximum absolute atomic E-state index is 11.9. The van der Waals surface area contributed by atoms with Crippen molar-refractivity contribution < 1.29 is 4.79 Å². The van der Waals surface area contributed by atoms with Crippen LogP contribution >= 0.6 is 0 Å². The van der Waals surface area contributed by atoms with Crippen LogP contribution in [0.2, 0.25) is 0 Å². The Morgan fingerprint density at radius 3 is 2.65 bits per heavy atom. The van der Waals surface area contributed by atoms with Gasteiger partial charge in [0, 0.05) is 39.6 Å². The number of nitrogens with one attached hydrogen (secondary N) is 1. The predicted molar refractivity (Wildman–Crippen MR) is 89.3 cm³/mol. The summed E-state index contributed by atoms with van der Waals surface area (Å²) in [5.74, 6) is 0.144. The summed E-state index contributed by atoms with van der Waals surface area (Å²) in [7, 11) is 0. The first-order valence-electron chi connectivity index (χ1n) is 8.06. The molecule has 0 radical (unpaired) electrons. The van der Waals surface area contributed by atoms with Gasteiger partial charge in [-0.1, -0.05) is 13.0 Å². The van der Waals surface area contributed by atoms with Gasteiger partial charge in [-0.25, -0.2) is 4.98 Å². The maximum Gasteiger partial charge on any atom is 0.270 e. The Kier molecular flexibility index (Phi) is 4.43. The van der Waals surface area contributed by atoms with E-state index in [1.807, 2.05) is 24.0 Å². The standard InChI is InChI=1S/C17H22N4O2/c1-3-14-17(23)19-16-10-13(4-5-15(16)18-14)11-20-6-8-21(9-7-20)12(2)22/h4-5,10H,3,6-9,11H2,1-2H3,(H,19,23). The number of benzene rings is 1. The molecule has 2 heterocycles. The zero-order valence-corrected chi connectivity index (χ0v) is 13.6. The second kappa shape index (κ2) is 6.50. The van der Waals surface area contributed by atoms with E-state index in [4.69, 9.17) is 0 Å². The topological polar surface area (TPSA) is 69.3 Å². The molecule has 1 aliphatic rings. The number of hydrogen-bond donors (Lipinski definition) is 1. The largest absolute Gasteiger partial charge is 0.340 e. The van der Waals surface area contributed by atoms with Crippen LogP contribution in [0.5, 0.6) is 0 Å². The number of hydrogen-bond acceptors (Lipinski definition) is 4. The molecule has 6 nitrogen and oxygen atoms in total. The normalized spacial score (nSPS) is 16.0. The number of piperazine rings is 1. The van der Waals surface area contributed by atoms with E-state index < -0.39 is 0 Å². The minimum absolute atomic E-state index is 0.104. The first-order valence-corrected chi connectivity index (χ1v) is 8.06. The van der Waals surface area contributed by atoms with Crippen LogP contribution in [0.4, 0.5) is 0 Å². The molecule has 1 fully saturated rings. The molecule has 1 amide bonds. The third-order valence-corrected chi connectivity index (χ3v) is 4.39. The molecular formula is C17H22N4O2. The lowest BCUT2D eigenvalue weighted by molar-refractivity contribution is -0.130. The highest BCUT2D eigenvalue weighted by atomic mass is 16.2. The van der Waals surface area contributed by atoms with Crippen molar-refractivity contribution in [1.29, 1.82) is 0 Å². The fourth-order valence-corrected chi connectivity index (χ4v) is 2.99. The Balaban J connectivity index is 1.74. The summed E-state index contributed by atoms with van der Waals surface area (Å²) in [6, 6.07) is 6.02. The van der Waals surface area contributed by atoms with Crippen LogP contribution in [0.3, 0.4) is 0 Å². The summed E-state index contributed by atoms with van der Waals surface area (Å²) < 4.78 is 0. The van der Waals surface area contributed by atoms with E-state index in [0.717, 1.165) is 49.3 Å².